The number of carbonyl (C=O) groups is 1. The van der Waals surface area contributed by atoms with Gasteiger partial charge in [-0.1, -0.05) is 28.6 Å². The van der Waals surface area contributed by atoms with Crippen molar-refractivity contribution in [3.63, 3.8) is 0 Å². The van der Waals surface area contributed by atoms with Gasteiger partial charge in [0.05, 0.1) is 34.5 Å². The van der Waals surface area contributed by atoms with E-state index in [2.05, 4.69) is 31.2 Å². The minimum absolute atomic E-state index is 0.0208. The van der Waals surface area contributed by atoms with Crippen LogP contribution in [0, 0.1) is 0 Å². The van der Waals surface area contributed by atoms with Crippen molar-refractivity contribution in [1.82, 2.24) is 19.4 Å². The Morgan fingerprint density at radius 3 is 2.64 bits per heavy atom. The zero-order chi connectivity index (χ0) is 29.1. The zero-order valence-corrected chi connectivity index (χ0v) is 23.8. The van der Waals surface area contributed by atoms with E-state index in [1.165, 1.54) is 13.0 Å². The van der Waals surface area contributed by atoms with Crippen molar-refractivity contribution < 1.29 is 27.6 Å². The molecule has 0 unspecified atom stereocenters. The molecule has 42 heavy (non-hydrogen) atoms. The van der Waals surface area contributed by atoms with Crippen LogP contribution in [0.3, 0.4) is 0 Å². The van der Waals surface area contributed by atoms with Crippen LogP contribution in [0.5, 0.6) is 5.75 Å². The third kappa shape index (κ3) is 5.94. The fraction of sp³-hybridized carbons (Fsp3) is 0.345. The molecule has 0 spiro atoms. The first-order chi connectivity index (χ1) is 20.4. The molecule has 0 bridgehead atoms. The molecule has 10 nitrogen and oxygen atoms in total. The maximum Gasteiger partial charge on any atom is 0.324 e. The number of imidazole rings is 1. The number of morpholine rings is 1. The molecule has 6 rings (SSSR count). The highest BCUT2D eigenvalue weighted by molar-refractivity contribution is 7.23. The molecule has 220 valence electrons. The fourth-order valence-corrected chi connectivity index (χ4v) is 5.60. The Labute approximate surface area is 244 Å². The molecule has 0 aliphatic carbocycles. The Balaban J connectivity index is 1.09. The molecule has 13 heteroatoms. The van der Waals surface area contributed by atoms with Gasteiger partial charge in [-0.25, -0.2) is 18.6 Å². The first kappa shape index (κ1) is 28.1. The lowest BCUT2D eigenvalue weighted by molar-refractivity contribution is 0.0322. The average Bonchev–Trinajstić information content (AvgIpc) is 3.73. The van der Waals surface area contributed by atoms with Crippen molar-refractivity contribution in [3.05, 3.63) is 60.5 Å². The van der Waals surface area contributed by atoms with Crippen LogP contribution in [-0.2, 0) is 10.2 Å². The van der Waals surface area contributed by atoms with Crippen LogP contribution in [0.25, 0.3) is 26.4 Å². The third-order valence-electron chi connectivity index (χ3n) is 7.22. The number of hydrogen-bond donors (Lipinski definition) is 2. The predicted molar refractivity (Wildman–Crippen MR) is 157 cm³/mol. The van der Waals surface area contributed by atoms with Crippen LogP contribution in [0.2, 0.25) is 0 Å². The molecular weight excluding hydrogens is 566 g/mol. The number of urea groups is 1. The second kappa shape index (κ2) is 12.0. The van der Waals surface area contributed by atoms with Gasteiger partial charge in [0.15, 0.2) is 10.8 Å². The Kier molecular flexibility index (Phi) is 8.05. The molecule has 1 saturated heterocycles. The van der Waals surface area contributed by atoms with Gasteiger partial charge < -0.3 is 19.3 Å². The van der Waals surface area contributed by atoms with Crippen LogP contribution >= 0.6 is 11.3 Å². The smallest absolute Gasteiger partial charge is 0.324 e. The normalized spacial score (nSPS) is 14.5. The number of nitrogens with one attached hydrogen (secondary N) is 2. The molecule has 1 fully saturated rings. The Hall–Kier alpha value is -4.07. The summed E-state index contributed by atoms with van der Waals surface area (Å²) in [7, 11) is 0. The largest absolute Gasteiger partial charge is 0.492 e. The standard InChI is InChI=1S/C29H30F2N6O4S/c1-29(17-30,18-31)25-15-26(35-41-25)34-27(38)32-20-4-2-19(3-5-20)22-16-37-23-14-21(6-7-24(23)42-28(37)33-22)40-13-10-36-8-11-39-12-9-36/h2-7,14-16H,8-13,17-18H2,1H3,(H2,32,34,35,38). The number of amides is 2. The molecule has 2 amide bonds. The van der Waals surface area contributed by atoms with E-state index in [0.29, 0.717) is 12.3 Å². The van der Waals surface area contributed by atoms with Crippen molar-refractivity contribution in [2.75, 3.05) is 63.4 Å². The van der Waals surface area contributed by atoms with Crippen molar-refractivity contribution in [2.24, 2.45) is 0 Å². The number of ether oxygens (including phenoxy) is 2. The van der Waals surface area contributed by atoms with E-state index < -0.39 is 24.8 Å². The Morgan fingerprint density at radius 2 is 1.88 bits per heavy atom. The van der Waals surface area contributed by atoms with Crippen molar-refractivity contribution in [1.29, 1.82) is 0 Å². The van der Waals surface area contributed by atoms with Crippen LogP contribution in [0.1, 0.15) is 12.7 Å². The minimum Gasteiger partial charge on any atom is -0.492 e. The Bertz CT molecular complexity index is 1670. The van der Waals surface area contributed by atoms with Gasteiger partial charge in [0.1, 0.15) is 31.5 Å². The number of thiazole rings is 1. The van der Waals surface area contributed by atoms with Gasteiger partial charge in [0.25, 0.3) is 0 Å². The van der Waals surface area contributed by atoms with Gasteiger partial charge in [0.2, 0.25) is 0 Å². The molecule has 2 N–H and O–H groups in total. The molecule has 5 aromatic rings. The van der Waals surface area contributed by atoms with E-state index >= 15 is 0 Å². The minimum atomic E-state index is -1.44. The second-order valence-electron chi connectivity index (χ2n) is 10.4. The summed E-state index contributed by atoms with van der Waals surface area (Å²) in [5, 5.41) is 8.91. The highest BCUT2D eigenvalue weighted by atomic mass is 32.1. The number of benzene rings is 2. The molecular formula is C29H30F2N6O4S. The zero-order valence-electron chi connectivity index (χ0n) is 22.9. The first-order valence-corrected chi connectivity index (χ1v) is 14.4. The topological polar surface area (TPSA) is 106 Å². The summed E-state index contributed by atoms with van der Waals surface area (Å²) in [5.41, 5.74) is 1.83. The molecule has 1 aliphatic rings. The number of carbonyl (C=O) groups excluding carboxylic acids is 1. The summed E-state index contributed by atoms with van der Waals surface area (Å²) in [6, 6.07) is 14.1. The van der Waals surface area contributed by atoms with Crippen molar-refractivity contribution in [3.8, 4) is 17.0 Å². The summed E-state index contributed by atoms with van der Waals surface area (Å²) in [4.78, 5) is 20.4. The summed E-state index contributed by atoms with van der Waals surface area (Å²) >= 11 is 1.60. The quantitative estimate of drug-likeness (QED) is 0.211. The lowest BCUT2D eigenvalue weighted by Gasteiger charge is -2.26. The van der Waals surface area contributed by atoms with Crippen molar-refractivity contribution >= 4 is 44.1 Å². The number of fused-ring (bicyclic) bond motifs is 3. The number of rotatable bonds is 10. The van der Waals surface area contributed by atoms with Gasteiger partial charge in [-0.05, 0) is 31.2 Å². The molecule has 0 radical (unpaired) electrons. The maximum atomic E-state index is 13.2. The predicted octanol–water partition coefficient (Wildman–Crippen LogP) is 5.76. The van der Waals surface area contributed by atoms with E-state index in [1.54, 1.807) is 23.5 Å². The first-order valence-electron chi connectivity index (χ1n) is 13.6. The second-order valence-corrected chi connectivity index (χ2v) is 11.4. The van der Waals surface area contributed by atoms with Gasteiger partial charge in [-0.15, -0.1) is 0 Å². The highest BCUT2D eigenvalue weighted by Gasteiger charge is 2.32. The van der Waals surface area contributed by atoms with Crippen molar-refractivity contribution in [2.45, 2.75) is 12.3 Å². The van der Waals surface area contributed by atoms with E-state index in [9.17, 15) is 13.6 Å². The molecule has 4 heterocycles. The van der Waals surface area contributed by atoms with E-state index in [-0.39, 0.29) is 11.6 Å². The number of halogens is 2. The number of hydrogen-bond acceptors (Lipinski definition) is 8. The number of aromatic nitrogens is 3. The summed E-state index contributed by atoms with van der Waals surface area (Å²) in [5.74, 6) is 0.899. The lowest BCUT2D eigenvalue weighted by Crippen LogP contribution is -2.38. The van der Waals surface area contributed by atoms with Gasteiger partial charge in [-0.2, -0.15) is 0 Å². The van der Waals surface area contributed by atoms with Gasteiger partial charge in [-0.3, -0.25) is 14.6 Å². The SMILES string of the molecule is CC(CF)(CF)c1cc(NC(=O)Nc2ccc(-c3cn4c(n3)sc3ccc(OCCN5CCOCC5)cc34)cc2)no1. The fourth-order valence-electron chi connectivity index (χ4n) is 4.61. The van der Waals surface area contributed by atoms with Crippen LogP contribution in [0.15, 0.2) is 59.3 Å². The molecule has 3 aromatic heterocycles. The Morgan fingerprint density at radius 1 is 1.10 bits per heavy atom. The van der Waals surface area contributed by atoms with Crippen LogP contribution < -0.4 is 15.4 Å². The molecule has 0 atom stereocenters. The summed E-state index contributed by atoms with van der Waals surface area (Å²) < 4.78 is 46.1. The van der Waals surface area contributed by atoms with E-state index in [0.717, 1.165) is 65.0 Å². The van der Waals surface area contributed by atoms with Crippen LogP contribution in [-0.4, -0.2) is 78.3 Å². The lowest BCUT2D eigenvalue weighted by atomic mass is 9.91. The molecule has 0 saturated carbocycles. The third-order valence-corrected chi connectivity index (χ3v) is 8.26. The molecule has 2 aromatic carbocycles. The number of nitrogens with zero attached hydrogens (tertiary/aromatic N) is 4. The summed E-state index contributed by atoms with van der Waals surface area (Å²) in [6.07, 6.45) is 1.99. The number of alkyl halides is 2. The van der Waals surface area contributed by atoms with Crippen LogP contribution in [0.4, 0.5) is 25.1 Å². The number of anilines is 2. The van der Waals surface area contributed by atoms with Gasteiger partial charge >= 0.3 is 6.03 Å². The average molecular weight is 597 g/mol. The monoisotopic (exact) mass is 596 g/mol. The van der Waals surface area contributed by atoms with E-state index in [1.807, 2.05) is 30.5 Å². The van der Waals surface area contributed by atoms with E-state index in [4.69, 9.17) is 19.0 Å². The summed E-state index contributed by atoms with van der Waals surface area (Å²) in [6.45, 7) is 4.37. The van der Waals surface area contributed by atoms with Gasteiger partial charge in [0, 0.05) is 49.2 Å². The molecule has 1 aliphatic heterocycles. The highest BCUT2D eigenvalue weighted by Crippen LogP contribution is 2.32. The maximum absolute atomic E-state index is 13.2.